The third-order valence-electron chi connectivity index (χ3n) is 3.57. The number of imidazole rings is 1. The second-order valence-corrected chi connectivity index (χ2v) is 6.56. The number of aromatic nitrogens is 2. The minimum absolute atomic E-state index is 0.200. The van der Waals surface area contributed by atoms with Gasteiger partial charge in [0.1, 0.15) is 11.4 Å². The molecule has 1 amide bonds. The van der Waals surface area contributed by atoms with Crippen molar-refractivity contribution in [1.29, 1.82) is 0 Å². The van der Waals surface area contributed by atoms with Crippen LogP contribution >= 0.6 is 0 Å². The van der Waals surface area contributed by atoms with Gasteiger partial charge in [0.25, 0.3) is 0 Å². The molecular weight excluding hydrogens is 266 g/mol. The van der Waals surface area contributed by atoms with Gasteiger partial charge in [0, 0.05) is 32.5 Å². The summed E-state index contributed by atoms with van der Waals surface area (Å²) in [6.07, 6.45) is 9.74. The molecule has 0 atom stereocenters. The highest BCUT2D eigenvalue weighted by Gasteiger charge is 2.25. The van der Waals surface area contributed by atoms with Gasteiger partial charge in [0.15, 0.2) is 0 Å². The van der Waals surface area contributed by atoms with Crippen molar-refractivity contribution in [3.05, 3.63) is 24.3 Å². The van der Waals surface area contributed by atoms with Gasteiger partial charge in [0.05, 0.1) is 0 Å². The van der Waals surface area contributed by atoms with E-state index in [-0.39, 0.29) is 6.09 Å². The summed E-state index contributed by atoms with van der Waals surface area (Å²) < 4.78 is 7.40. The van der Waals surface area contributed by atoms with E-state index in [0.717, 1.165) is 31.8 Å². The molecule has 1 aliphatic rings. The fourth-order valence-electron chi connectivity index (χ4n) is 2.36. The molecule has 116 valence electrons. The van der Waals surface area contributed by atoms with Gasteiger partial charge in [-0.05, 0) is 45.6 Å². The van der Waals surface area contributed by atoms with E-state index >= 15 is 0 Å². The summed E-state index contributed by atoms with van der Waals surface area (Å²) >= 11 is 0. The second kappa shape index (κ2) is 6.33. The van der Waals surface area contributed by atoms with Crippen LogP contribution in [-0.2, 0) is 11.8 Å². The number of nitrogens with zero attached hydrogens (tertiary/aromatic N) is 3. The summed E-state index contributed by atoms with van der Waals surface area (Å²) in [5, 5.41) is 0. The number of likely N-dealkylation sites (tertiary alicyclic amines) is 1. The van der Waals surface area contributed by atoms with Crippen molar-refractivity contribution in [2.45, 2.75) is 39.2 Å². The minimum Gasteiger partial charge on any atom is -0.444 e. The first kappa shape index (κ1) is 15.6. The molecule has 0 N–H and O–H groups in total. The Hall–Kier alpha value is -1.78. The second-order valence-electron chi connectivity index (χ2n) is 6.56. The Balaban J connectivity index is 1.82. The molecule has 5 nitrogen and oxygen atoms in total. The van der Waals surface area contributed by atoms with Crippen molar-refractivity contribution in [2.75, 3.05) is 13.1 Å². The number of hydrogen-bond acceptors (Lipinski definition) is 3. The molecule has 1 aromatic heterocycles. The highest BCUT2D eigenvalue weighted by molar-refractivity contribution is 5.68. The standard InChI is InChI=1S/C16H25N3O2/c1-16(2,3)21-15(20)19-10-7-13(8-11-19)5-6-14-17-9-12-18(14)4/h5-6,9,12-13H,7-8,10-11H2,1-4H3/b6-5-. The van der Waals surface area contributed by atoms with Crippen molar-refractivity contribution >= 4 is 12.2 Å². The average Bonchev–Trinajstić information content (AvgIpc) is 2.80. The van der Waals surface area contributed by atoms with Crippen molar-refractivity contribution in [3.63, 3.8) is 0 Å². The maximum Gasteiger partial charge on any atom is 0.410 e. The SMILES string of the molecule is Cn1ccnc1/C=C\C1CCN(C(=O)OC(C)(C)C)CC1. The zero-order valence-corrected chi connectivity index (χ0v) is 13.4. The van der Waals surface area contributed by atoms with Gasteiger partial charge in [-0.25, -0.2) is 9.78 Å². The van der Waals surface area contributed by atoms with E-state index in [0.29, 0.717) is 5.92 Å². The van der Waals surface area contributed by atoms with E-state index in [1.165, 1.54) is 0 Å². The van der Waals surface area contributed by atoms with Crippen LogP contribution in [0.25, 0.3) is 6.08 Å². The van der Waals surface area contributed by atoms with Crippen LogP contribution in [0.3, 0.4) is 0 Å². The van der Waals surface area contributed by atoms with Crippen LogP contribution in [0.5, 0.6) is 0 Å². The van der Waals surface area contributed by atoms with Crippen LogP contribution in [0.2, 0.25) is 0 Å². The van der Waals surface area contributed by atoms with Crippen molar-refractivity contribution in [3.8, 4) is 0 Å². The molecule has 1 aromatic rings. The third kappa shape index (κ3) is 4.62. The van der Waals surface area contributed by atoms with Gasteiger partial charge >= 0.3 is 6.09 Å². The molecule has 0 aliphatic carbocycles. The Morgan fingerprint density at radius 2 is 2.05 bits per heavy atom. The number of rotatable bonds is 2. The van der Waals surface area contributed by atoms with E-state index in [1.807, 2.05) is 38.6 Å². The van der Waals surface area contributed by atoms with Gasteiger partial charge in [-0.2, -0.15) is 0 Å². The third-order valence-corrected chi connectivity index (χ3v) is 3.57. The molecule has 0 saturated carbocycles. The highest BCUT2D eigenvalue weighted by atomic mass is 16.6. The lowest BCUT2D eigenvalue weighted by Crippen LogP contribution is -2.41. The molecule has 2 rings (SSSR count). The highest BCUT2D eigenvalue weighted by Crippen LogP contribution is 2.21. The molecule has 0 aromatic carbocycles. The summed E-state index contributed by atoms with van der Waals surface area (Å²) in [6, 6.07) is 0. The monoisotopic (exact) mass is 291 g/mol. The lowest BCUT2D eigenvalue weighted by atomic mass is 9.96. The maximum absolute atomic E-state index is 12.0. The molecular formula is C16H25N3O2. The number of ether oxygens (including phenoxy) is 1. The van der Waals surface area contributed by atoms with Crippen molar-refractivity contribution in [2.24, 2.45) is 13.0 Å². The maximum atomic E-state index is 12.0. The number of carbonyl (C=O) groups is 1. The summed E-state index contributed by atoms with van der Waals surface area (Å²) in [5.74, 6) is 1.46. The fraction of sp³-hybridized carbons (Fsp3) is 0.625. The number of hydrogen-bond donors (Lipinski definition) is 0. The molecule has 2 heterocycles. The van der Waals surface area contributed by atoms with Crippen LogP contribution < -0.4 is 0 Å². The van der Waals surface area contributed by atoms with Crippen molar-refractivity contribution in [1.82, 2.24) is 14.5 Å². The molecule has 0 bridgehead atoms. The van der Waals surface area contributed by atoms with Crippen LogP contribution in [0.15, 0.2) is 18.5 Å². The van der Waals surface area contributed by atoms with Gasteiger partial charge in [-0.15, -0.1) is 0 Å². The zero-order valence-electron chi connectivity index (χ0n) is 13.4. The summed E-state index contributed by atoms with van der Waals surface area (Å²) in [7, 11) is 1.98. The fourth-order valence-corrected chi connectivity index (χ4v) is 2.36. The quantitative estimate of drug-likeness (QED) is 0.841. The molecule has 1 saturated heterocycles. The van der Waals surface area contributed by atoms with Crippen LogP contribution in [0, 0.1) is 5.92 Å². The molecule has 1 fully saturated rings. The predicted molar refractivity (Wildman–Crippen MR) is 82.8 cm³/mol. The zero-order chi connectivity index (χ0) is 15.5. The molecule has 21 heavy (non-hydrogen) atoms. The van der Waals surface area contributed by atoms with E-state index in [9.17, 15) is 4.79 Å². The Morgan fingerprint density at radius 3 is 2.57 bits per heavy atom. The van der Waals surface area contributed by atoms with Gasteiger partial charge in [-0.1, -0.05) is 6.08 Å². The smallest absolute Gasteiger partial charge is 0.410 e. The van der Waals surface area contributed by atoms with E-state index in [2.05, 4.69) is 17.1 Å². The Kier molecular flexibility index (Phi) is 4.70. The molecule has 1 aliphatic heterocycles. The average molecular weight is 291 g/mol. The van der Waals surface area contributed by atoms with Crippen LogP contribution in [-0.4, -0.2) is 39.2 Å². The van der Waals surface area contributed by atoms with Crippen LogP contribution in [0.1, 0.15) is 39.4 Å². The topological polar surface area (TPSA) is 47.4 Å². The molecule has 0 unspecified atom stereocenters. The van der Waals surface area contributed by atoms with Gasteiger partial charge in [-0.3, -0.25) is 0 Å². The lowest BCUT2D eigenvalue weighted by molar-refractivity contribution is 0.0197. The molecule has 0 spiro atoms. The normalized spacial score (nSPS) is 17.4. The van der Waals surface area contributed by atoms with E-state index in [1.54, 1.807) is 11.1 Å². The number of aryl methyl sites for hydroxylation is 1. The van der Waals surface area contributed by atoms with Crippen molar-refractivity contribution < 1.29 is 9.53 Å². The predicted octanol–water partition coefficient (Wildman–Crippen LogP) is 3.08. The number of piperidine rings is 1. The number of allylic oxidation sites excluding steroid dienone is 1. The summed E-state index contributed by atoms with van der Waals surface area (Å²) in [6.45, 7) is 7.20. The summed E-state index contributed by atoms with van der Waals surface area (Å²) in [5.41, 5.74) is -0.425. The minimum atomic E-state index is -0.425. The van der Waals surface area contributed by atoms with E-state index in [4.69, 9.17) is 4.74 Å². The summed E-state index contributed by atoms with van der Waals surface area (Å²) in [4.78, 5) is 18.1. The molecule has 5 heteroatoms. The van der Waals surface area contributed by atoms with E-state index < -0.39 is 5.60 Å². The first-order chi connectivity index (χ1) is 9.85. The first-order valence-electron chi connectivity index (χ1n) is 7.48. The lowest BCUT2D eigenvalue weighted by Gasteiger charge is -2.32. The van der Waals surface area contributed by atoms with Gasteiger partial charge < -0.3 is 14.2 Å². The largest absolute Gasteiger partial charge is 0.444 e. The Morgan fingerprint density at radius 1 is 1.38 bits per heavy atom. The Labute approximate surface area is 126 Å². The first-order valence-corrected chi connectivity index (χ1v) is 7.48. The van der Waals surface area contributed by atoms with Gasteiger partial charge in [0.2, 0.25) is 0 Å². The number of carbonyl (C=O) groups excluding carboxylic acids is 1. The Bertz CT molecular complexity index is 506. The number of amides is 1. The van der Waals surface area contributed by atoms with Crippen LogP contribution in [0.4, 0.5) is 4.79 Å². The molecule has 0 radical (unpaired) electrons.